The lowest BCUT2D eigenvalue weighted by Crippen LogP contribution is -2.00. The fourth-order valence-electron chi connectivity index (χ4n) is 3.12. The van der Waals surface area contributed by atoms with Gasteiger partial charge < -0.3 is 14.6 Å². The van der Waals surface area contributed by atoms with Gasteiger partial charge in [0.25, 0.3) is 0 Å². The summed E-state index contributed by atoms with van der Waals surface area (Å²) < 4.78 is 21.0. The largest absolute Gasteiger partial charge is 0.494 e. The van der Waals surface area contributed by atoms with Gasteiger partial charge in [0.05, 0.1) is 18.5 Å². The highest BCUT2D eigenvalue weighted by atomic mass is 19.1. The molecule has 0 aliphatic heterocycles. The summed E-state index contributed by atoms with van der Waals surface area (Å²) in [5.41, 5.74) is 2.79. The molecule has 0 aliphatic rings. The van der Waals surface area contributed by atoms with E-state index >= 15 is 0 Å². The number of benzene rings is 2. The summed E-state index contributed by atoms with van der Waals surface area (Å²) in [4.78, 5) is 19.6. The van der Waals surface area contributed by atoms with Gasteiger partial charge in [-0.1, -0.05) is 18.2 Å². The van der Waals surface area contributed by atoms with E-state index < -0.39 is 5.82 Å². The summed E-state index contributed by atoms with van der Waals surface area (Å²) >= 11 is 0. The van der Waals surface area contributed by atoms with Crippen molar-refractivity contribution in [1.82, 2.24) is 14.5 Å². The van der Waals surface area contributed by atoms with Crippen molar-refractivity contribution in [3.8, 4) is 17.0 Å². The fourth-order valence-corrected chi connectivity index (χ4v) is 3.12. The second kappa shape index (κ2) is 7.07. The van der Waals surface area contributed by atoms with Crippen molar-refractivity contribution in [3.05, 3.63) is 65.6 Å². The molecule has 0 spiro atoms. The van der Waals surface area contributed by atoms with Crippen LogP contribution in [0.15, 0.2) is 60.0 Å². The van der Waals surface area contributed by atoms with E-state index in [2.05, 4.69) is 20.5 Å². The summed E-state index contributed by atoms with van der Waals surface area (Å²) in [5, 5.41) is 6.73. The molecule has 2 aromatic heterocycles. The van der Waals surface area contributed by atoms with Crippen LogP contribution in [0.5, 0.6) is 5.75 Å². The highest BCUT2D eigenvalue weighted by molar-refractivity contribution is 5.95. The number of rotatable bonds is 5. The molecule has 4 rings (SSSR count). The molecule has 0 unspecified atom stereocenters. The Hall–Kier alpha value is -3.81. The summed E-state index contributed by atoms with van der Waals surface area (Å²) in [7, 11) is 3.38. The van der Waals surface area contributed by atoms with E-state index in [1.54, 1.807) is 6.20 Å². The van der Waals surface area contributed by atoms with Gasteiger partial charge in [-0.15, -0.1) is 4.91 Å². The maximum absolute atomic E-state index is 13.8. The zero-order chi connectivity index (χ0) is 19.7. The molecule has 7 nitrogen and oxygen atoms in total. The molecular weight excluding hydrogens is 361 g/mol. The average molecular weight is 377 g/mol. The molecule has 28 heavy (non-hydrogen) atoms. The van der Waals surface area contributed by atoms with E-state index in [0.717, 1.165) is 28.2 Å². The summed E-state index contributed by atoms with van der Waals surface area (Å²) in [5.74, 6) is -0.265. The second-order valence-electron chi connectivity index (χ2n) is 6.16. The SMILES string of the molecule is COc1cc(F)c(N=O)cc1Nc1nccc(-c2cn(C)c3ccccc23)n1. The third kappa shape index (κ3) is 3.05. The maximum atomic E-state index is 13.8. The Balaban J connectivity index is 1.75. The van der Waals surface area contributed by atoms with E-state index in [1.807, 2.05) is 48.1 Å². The Morgan fingerprint density at radius 3 is 2.82 bits per heavy atom. The first-order chi connectivity index (χ1) is 13.6. The van der Waals surface area contributed by atoms with E-state index in [-0.39, 0.29) is 17.4 Å². The molecule has 1 N–H and O–H groups in total. The van der Waals surface area contributed by atoms with Crippen LogP contribution in [0.25, 0.3) is 22.2 Å². The van der Waals surface area contributed by atoms with Crippen molar-refractivity contribution in [2.24, 2.45) is 12.2 Å². The quantitative estimate of drug-likeness (QED) is 0.499. The number of fused-ring (bicyclic) bond motifs is 1. The number of nitrogens with zero attached hydrogens (tertiary/aromatic N) is 4. The van der Waals surface area contributed by atoms with Gasteiger partial charge in [0.1, 0.15) is 11.4 Å². The number of para-hydroxylation sites is 1. The molecule has 8 heteroatoms. The standard InChI is InChI=1S/C20H16FN5O2/c1-26-11-13(12-5-3-4-6-18(12)26)15-7-8-22-20(23-15)24-17-10-16(25-27)14(21)9-19(17)28-2/h3-11H,1-2H3,(H,22,23,24). The predicted octanol–water partition coefficient (Wildman–Crippen LogP) is 4.92. The zero-order valence-corrected chi connectivity index (χ0v) is 15.2. The minimum atomic E-state index is -0.761. The van der Waals surface area contributed by atoms with Crippen molar-refractivity contribution in [3.63, 3.8) is 0 Å². The topological polar surface area (TPSA) is 81.4 Å². The molecule has 0 saturated heterocycles. The lowest BCUT2D eigenvalue weighted by Gasteiger charge is -2.11. The van der Waals surface area contributed by atoms with Crippen LogP contribution in [0.1, 0.15) is 0 Å². The van der Waals surface area contributed by atoms with Crippen molar-refractivity contribution in [2.45, 2.75) is 0 Å². The van der Waals surface area contributed by atoms with Crippen LogP contribution >= 0.6 is 0 Å². The number of anilines is 2. The van der Waals surface area contributed by atoms with Crippen LogP contribution in [-0.4, -0.2) is 21.6 Å². The highest BCUT2D eigenvalue weighted by Crippen LogP contribution is 2.34. The van der Waals surface area contributed by atoms with Crippen LogP contribution < -0.4 is 10.1 Å². The van der Waals surface area contributed by atoms with E-state index in [4.69, 9.17) is 4.74 Å². The Labute approximate surface area is 159 Å². The molecule has 0 fully saturated rings. The van der Waals surface area contributed by atoms with Gasteiger partial charge in [-0.25, -0.2) is 14.4 Å². The van der Waals surface area contributed by atoms with Crippen LogP contribution in [0.2, 0.25) is 0 Å². The first-order valence-corrected chi connectivity index (χ1v) is 8.46. The molecule has 0 bridgehead atoms. The molecule has 0 atom stereocenters. The Kier molecular flexibility index (Phi) is 4.44. The number of nitroso groups, excluding NO2 is 1. The number of hydrogen-bond donors (Lipinski definition) is 1. The van der Waals surface area contributed by atoms with Gasteiger partial charge in [-0.3, -0.25) is 0 Å². The van der Waals surface area contributed by atoms with Crippen LogP contribution in [-0.2, 0) is 7.05 Å². The zero-order valence-electron chi connectivity index (χ0n) is 15.2. The van der Waals surface area contributed by atoms with E-state index in [0.29, 0.717) is 5.69 Å². The normalized spacial score (nSPS) is 10.8. The molecule has 2 heterocycles. The number of aromatic nitrogens is 3. The van der Waals surface area contributed by atoms with E-state index in [1.165, 1.54) is 13.2 Å². The minimum Gasteiger partial charge on any atom is -0.494 e. The van der Waals surface area contributed by atoms with E-state index in [9.17, 15) is 9.30 Å². The van der Waals surface area contributed by atoms with Crippen molar-refractivity contribution >= 4 is 28.2 Å². The van der Waals surface area contributed by atoms with Gasteiger partial charge in [0, 0.05) is 42.0 Å². The number of halogens is 1. The van der Waals surface area contributed by atoms with Gasteiger partial charge in [-0.05, 0) is 23.4 Å². The number of methoxy groups -OCH3 is 1. The highest BCUT2D eigenvalue weighted by Gasteiger charge is 2.14. The van der Waals surface area contributed by atoms with Gasteiger partial charge in [0.15, 0.2) is 5.82 Å². The number of hydrogen-bond acceptors (Lipinski definition) is 6. The first-order valence-electron chi connectivity index (χ1n) is 8.46. The summed E-state index contributed by atoms with van der Waals surface area (Å²) in [6, 6.07) is 12.2. The third-order valence-corrected chi connectivity index (χ3v) is 4.44. The molecule has 140 valence electrons. The second-order valence-corrected chi connectivity index (χ2v) is 6.16. The Bertz CT molecular complexity index is 1190. The monoisotopic (exact) mass is 377 g/mol. The first kappa shape index (κ1) is 17.6. The van der Waals surface area contributed by atoms with Crippen LogP contribution in [0.3, 0.4) is 0 Å². The summed E-state index contributed by atoms with van der Waals surface area (Å²) in [6.45, 7) is 0. The lowest BCUT2D eigenvalue weighted by atomic mass is 10.1. The summed E-state index contributed by atoms with van der Waals surface area (Å²) in [6.07, 6.45) is 3.63. The van der Waals surface area contributed by atoms with Crippen molar-refractivity contribution < 1.29 is 9.13 Å². The number of aryl methyl sites for hydroxylation is 1. The fraction of sp³-hybridized carbons (Fsp3) is 0.100. The van der Waals surface area contributed by atoms with Gasteiger partial charge >= 0.3 is 0 Å². The molecule has 0 aliphatic carbocycles. The number of ether oxygens (including phenoxy) is 1. The van der Waals surface area contributed by atoms with Gasteiger partial charge in [-0.2, -0.15) is 0 Å². The Morgan fingerprint density at radius 2 is 2.04 bits per heavy atom. The predicted molar refractivity (Wildman–Crippen MR) is 106 cm³/mol. The van der Waals surface area contributed by atoms with Gasteiger partial charge in [0.2, 0.25) is 5.95 Å². The van der Waals surface area contributed by atoms with Crippen molar-refractivity contribution in [2.75, 3.05) is 12.4 Å². The Morgan fingerprint density at radius 1 is 1.21 bits per heavy atom. The van der Waals surface area contributed by atoms with Crippen LogP contribution in [0.4, 0.5) is 21.7 Å². The van der Waals surface area contributed by atoms with Crippen LogP contribution in [0, 0.1) is 10.7 Å². The molecule has 0 radical (unpaired) electrons. The molecule has 0 saturated carbocycles. The van der Waals surface area contributed by atoms with Crippen molar-refractivity contribution in [1.29, 1.82) is 0 Å². The smallest absolute Gasteiger partial charge is 0.227 e. The molecular formula is C20H16FN5O2. The average Bonchev–Trinajstić information content (AvgIpc) is 3.06. The minimum absolute atomic E-state index is 0.212. The molecule has 4 aromatic rings. The lowest BCUT2D eigenvalue weighted by molar-refractivity contribution is 0.413. The third-order valence-electron chi connectivity index (χ3n) is 4.44. The molecule has 0 amide bonds. The molecule has 2 aromatic carbocycles. The maximum Gasteiger partial charge on any atom is 0.227 e. The number of nitrogens with one attached hydrogen (secondary N) is 1.